The van der Waals surface area contributed by atoms with Gasteiger partial charge in [-0.1, -0.05) is 5.11 Å². The van der Waals surface area contributed by atoms with Gasteiger partial charge in [0.15, 0.2) is 23.3 Å². The summed E-state index contributed by atoms with van der Waals surface area (Å²) < 4.78 is 51.2. The zero-order chi connectivity index (χ0) is 12.5. The maximum atomic E-state index is 12.9. The van der Waals surface area contributed by atoms with Gasteiger partial charge in [0, 0.05) is 4.91 Å². The third-order valence-electron chi connectivity index (χ3n) is 1.60. The lowest BCUT2D eigenvalue weighted by Crippen LogP contribution is -2.08. The van der Waals surface area contributed by atoms with Gasteiger partial charge in [-0.15, -0.1) is 0 Å². The molecule has 0 heterocycles. The summed E-state index contributed by atoms with van der Waals surface area (Å²) >= 11 is 0. The zero-order valence-electron chi connectivity index (χ0n) is 7.21. The zero-order valence-corrected chi connectivity index (χ0v) is 7.21. The number of carboxylic acid groups (broad SMARTS) is 1. The normalized spacial score (nSPS) is 9.75. The van der Waals surface area contributed by atoms with Crippen molar-refractivity contribution in [3.05, 3.63) is 39.3 Å². The van der Waals surface area contributed by atoms with Crippen LogP contribution in [0.5, 0.6) is 0 Å². The number of carbonyl (C=O) groups is 1. The van der Waals surface area contributed by atoms with E-state index in [2.05, 4.69) is 5.11 Å². The molecule has 0 aromatic heterocycles. The van der Waals surface area contributed by atoms with Crippen LogP contribution in [0, 0.1) is 23.3 Å². The molecule has 0 atom stereocenters. The Bertz CT molecular complexity index is 492. The fourth-order valence-electron chi connectivity index (χ4n) is 0.954. The van der Waals surface area contributed by atoms with Gasteiger partial charge >= 0.3 is 5.97 Å². The minimum atomic E-state index is -2.29. The fraction of sp³-hybridized carbons (Fsp3) is 0. The highest BCUT2D eigenvalue weighted by Crippen LogP contribution is 2.30. The predicted octanol–water partition coefficient (Wildman–Crippen LogP) is 2.88. The van der Waals surface area contributed by atoms with Gasteiger partial charge in [-0.25, -0.2) is 22.4 Å². The molecule has 0 spiro atoms. The van der Waals surface area contributed by atoms with Crippen molar-refractivity contribution in [2.24, 2.45) is 5.11 Å². The van der Waals surface area contributed by atoms with E-state index in [0.717, 1.165) is 0 Å². The van der Waals surface area contributed by atoms with E-state index >= 15 is 0 Å². The Morgan fingerprint density at radius 1 is 1.12 bits per heavy atom. The number of nitrogens with zero attached hydrogens (tertiary/aromatic N) is 3. The molecule has 0 aliphatic carbocycles. The van der Waals surface area contributed by atoms with Crippen LogP contribution in [0.25, 0.3) is 10.4 Å². The van der Waals surface area contributed by atoms with Gasteiger partial charge < -0.3 is 5.11 Å². The van der Waals surface area contributed by atoms with Gasteiger partial charge in [-0.05, 0) is 5.53 Å². The summed E-state index contributed by atoms with van der Waals surface area (Å²) in [5.74, 6) is -10.8. The summed E-state index contributed by atoms with van der Waals surface area (Å²) in [7, 11) is 0. The van der Waals surface area contributed by atoms with Crippen LogP contribution >= 0.6 is 0 Å². The molecular weight excluding hydrogens is 234 g/mol. The fourth-order valence-corrected chi connectivity index (χ4v) is 0.954. The lowest BCUT2D eigenvalue weighted by Gasteiger charge is -2.05. The van der Waals surface area contributed by atoms with E-state index < -0.39 is 40.5 Å². The number of halogens is 4. The van der Waals surface area contributed by atoms with Crippen molar-refractivity contribution in [1.29, 1.82) is 0 Å². The van der Waals surface area contributed by atoms with Crippen LogP contribution in [0.15, 0.2) is 5.11 Å². The highest BCUT2D eigenvalue weighted by Gasteiger charge is 2.28. The van der Waals surface area contributed by atoms with E-state index in [0.29, 0.717) is 0 Å². The summed E-state index contributed by atoms with van der Waals surface area (Å²) in [5.41, 5.74) is 4.96. The van der Waals surface area contributed by atoms with E-state index in [1.54, 1.807) is 0 Å². The molecule has 0 fully saturated rings. The molecule has 1 aromatic carbocycles. The maximum Gasteiger partial charge on any atom is 0.339 e. The van der Waals surface area contributed by atoms with Crippen LogP contribution in [-0.4, -0.2) is 11.1 Å². The lowest BCUT2D eigenvalue weighted by molar-refractivity contribution is 0.0690. The van der Waals surface area contributed by atoms with Crippen molar-refractivity contribution in [3.8, 4) is 0 Å². The van der Waals surface area contributed by atoms with Gasteiger partial charge in [-0.3, -0.25) is 0 Å². The molecule has 1 aromatic rings. The molecule has 0 saturated carbocycles. The van der Waals surface area contributed by atoms with E-state index in [9.17, 15) is 22.4 Å². The summed E-state index contributed by atoms with van der Waals surface area (Å²) in [6.45, 7) is 0. The molecule has 0 amide bonds. The number of hydrogen-bond acceptors (Lipinski definition) is 2. The summed E-state index contributed by atoms with van der Waals surface area (Å²) in [6.07, 6.45) is 0. The first-order valence-corrected chi connectivity index (χ1v) is 3.56. The molecule has 1 N–H and O–H groups in total. The van der Waals surface area contributed by atoms with Crippen LogP contribution in [0.1, 0.15) is 10.4 Å². The minimum absolute atomic E-state index is 1.44. The molecule has 0 radical (unpaired) electrons. The second-order valence-corrected chi connectivity index (χ2v) is 2.47. The van der Waals surface area contributed by atoms with Crippen LogP contribution in [0.2, 0.25) is 0 Å². The van der Waals surface area contributed by atoms with Gasteiger partial charge in [0.25, 0.3) is 0 Å². The van der Waals surface area contributed by atoms with Crippen LogP contribution in [0.3, 0.4) is 0 Å². The van der Waals surface area contributed by atoms with Crippen molar-refractivity contribution < 1.29 is 27.5 Å². The second kappa shape index (κ2) is 4.07. The Morgan fingerprint density at radius 3 is 2.06 bits per heavy atom. The van der Waals surface area contributed by atoms with Gasteiger partial charge in [-0.2, -0.15) is 0 Å². The largest absolute Gasteiger partial charge is 0.478 e. The molecule has 9 heteroatoms. The first-order chi connectivity index (χ1) is 7.41. The van der Waals surface area contributed by atoms with E-state index in [1.807, 2.05) is 4.91 Å². The van der Waals surface area contributed by atoms with Gasteiger partial charge in [0.05, 0.1) is 5.69 Å². The third-order valence-corrected chi connectivity index (χ3v) is 1.60. The highest BCUT2D eigenvalue weighted by molar-refractivity contribution is 5.93. The molecule has 16 heavy (non-hydrogen) atoms. The summed E-state index contributed by atoms with van der Waals surface area (Å²) in [6, 6.07) is 0. The van der Waals surface area contributed by atoms with Crippen molar-refractivity contribution in [2.75, 3.05) is 0 Å². The second-order valence-electron chi connectivity index (χ2n) is 2.47. The van der Waals surface area contributed by atoms with Crippen LogP contribution in [-0.2, 0) is 0 Å². The molecule has 84 valence electrons. The number of hydrogen-bond donors (Lipinski definition) is 1. The van der Waals surface area contributed by atoms with E-state index in [1.165, 1.54) is 0 Å². The molecule has 0 bridgehead atoms. The van der Waals surface area contributed by atoms with Crippen LogP contribution < -0.4 is 0 Å². The number of benzene rings is 1. The van der Waals surface area contributed by atoms with Crippen LogP contribution in [0.4, 0.5) is 23.2 Å². The molecule has 0 aliphatic rings. The van der Waals surface area contributed by atoms with Gasteiger partial charge in [0.1, 0.15) is 5.56 Å². The smallest absolute Gasteiger partial charge is 0.339 e. The first kappa shape index (κ1) is 11.8. The standard InChI is InChI=1S/C7HF4N3O2/c8-2-1(7(15)16)6(13-14-12)5(11)4(10)3(2)9/h(H,15,16). The van der Waals surface area contributed by atoms with E-state index in [4.69, 9.17) is 10.6 Å². The predicted molar refractivity (Wildman–Crippen MR) is 42.0 cm³/mol. The average Bonchev–Trinajstić information content (AvgIpc) is 2.23. The van der Waals surface area contributed by atoms with Crippen molar-refractivity contribution >= 4 is 11.7 Å². The molecule has 0 aliphatic heterocycles. The molecule has 5 nitrogen and oxygen atoms in total. The Hall–Kier alpha value is -2.28. The monoisotopic (exact) mass is 235 g/mol. The highest BCUT2D eigenvalue weighted by atomic mass is 19.2. The third kappa shape index (κ3) is 1.63. The number of rotatable bonds is 2. The SMILES string of the molecule is [N-]=[N+]=Nc1c(F)c(F)c(F)c(F)c1C(=O)O. The number of aromatic carboxylic acids is 1. The quantitative estimate of drug-likeness (QED) is 0.213. The minimum Gasteiger partial charge on any atom is -0.478 e. The molecule has 0 saturated heterocycles. The van der Waals surface area contributed by atoms with Crippen molar-refractivity contribution in [2.45, 2.75) is 0 Å². The van der Waals surface area contributed by atoms with E-state index in [-0.39, 0.29) is 0 Å². The lowest BCUT2D eigenvalue weighted by atomic mass is 10.1. The number of carboxylic acids is 1. The van der Waals surface area contributed by atoms with Crippen molar-refractivity contribution in [3.63, 3.8) is 0 Å². The Labute approximate surface area is 84.5 Å². The molecular formula is C7HF4N3O2. The Balaban J connectivity index is 3.82. The van der Waals surface area contributed by atoms with Gasteiger partial charge in [0.2, 0.25) is 0 Å². The number of azide groups is 1. The Morgan fingerprint density at radius 2 is 1.62 bits per heavy atom. The topological polar surface area (TPSA) is 86.1 Å². The summed E-state index contributed by atoms with van der Waals surface area (Å²) in [5, 5.41) is 10.9. The Kier molecular flexibility index (Phi) is 3.00. The summed E-state index contributed by atoms with van der Waals surface area (Å²) in [4.78, 5) is 12.4. The molecule has 0 unspecified atom stereocenters. The first-order valence-electron chi connectivity index (χ1n) is 3.56. The average molecular weight is 235 g/mol. The maximum absolute atomic E-state index is 12.9. The van der Waals surface area contributed by atoms with Crippen molar-refractivity contribution in [1.82, 2.24) is 0 Å². The molecule has 1 rings (SSSR count).